The molecule has 2 aliphatic rings. The molecular weight excluding hydrogens is 753 g/mol. The SMILES string of the molecule is C[C@@H]1C[C@@H](c2nc(C(=O)O)cs2)N(C(=O)c2cn3cc(Cl)ccc3n2)C1.N[C@@H]1C[C@@H](c2nc(C(=O)O)cs2)N(C(=O)c2cn3cc(Cl)ccc3n2)C1. The summed E-state index contributed by atoms with van der Waals surface area (Å²) in [5.41, 5.74) is 7.91. The molecule has 6 aromatic heterocycles. The van der Waals surface area contributed by atoms with E-state index in [0.29, 0.717) is 62.5 Å². The quantitative estimate of drug-likeness (QED) is 0.195. The number of aromatic nitrogens is 6. The number of rotatable bonds is 6. The van der Waals surface area contributed by atoms with Gasteiger partial charge in [0.2, 0.25) is 0 Å². The molecule has 268 valence electrons. The molecule has 6 aromatic rings. The molecule has 8 rings (SSSR count). The van der Waals surface area contributed by atoms with E-state index in [2.05, 4.69) is 26.9 Å². The van der Waals surface area contributed by atoms with Gasteiger partial charge in [-0.25, -0.2) is 29.5 Å². The molecule has 19 heteroatoms. The van der Waals surface area contributed by atoms with Crippen LogP contribution in [0.5, 0.6) is 0 Å². The zero-order valence-electron chi connectivity index (χ0n) is 27.2. The van der Waals surface area contributed by atoms with E-state index in [0.717, 1.165) is 6.42 Å². The van der Waals surface area contributed by atoms with Crippen molar-refractivity contribution in [2.24, 2.45) is 11.7 Å². The van der Waals surface area contributed by atoms with Crippen LogP contribution >= 0.6 is 45.9 Å². The van der Waals surface area contributed by atoms with Crippen molar-refractivity contribution in [1.29, 1.82) is 0 Å². The summed E-state index contributed by atoms with van der Waals surface area (Å²) in [6.45, 7) is 3.01. The predicted molar refractivity (Wildman–Crippen MR) is 192 cm³/mol. The Kier molecular flexibility index (Phi) is 9.71. The zero-order chi connectivity index (χ0) is 36.8. The molecule has 0 spiro atoms. The summed E-state index contributed by atoms with van der Waals surface area (Å²) in [5, 5.41) is 23.4. The Morgan fingerprint density at radius 1 is 0.692 bits per heavy atom. The van der Waals surface area contributed by atoms with Gasteiger partial charge in [-0.3, -0.25) is 9.59 Å². The maximum atomic E-state index is 13.0. The molecule has 0 unspecified atom stereocenters. The normalized spacial score (nSPS) is 20.0. The van der Waals surface area contributed by atoms with Crippen LogP contribution in [0.15, 0.2) is 59.8 Å². The minimum absolute atomic E-state index is 0.0133. The fourth-order valence-corrected chi connectivity index (χ4v) is 8.51. The molecule has 52 heavy (non-hydrogen) atoms. The molecule has 2 aliphatic heterocycles. The van der Waals surface area contributed by atoms with Gasteiger partial charge in [0, 0.05) is 54.7 Å². The number of imidazole rings is 2. The first-order valence-electron chi connectivity index (χ1n) is 15.9. The van der Waals surface area contributed by atoms with Crippen molar-refractivity contribution in [1.82, 2.24) is 38.5 Å². The smallest absolute Gasteiger partial charge is 0.355 e. The second-order valence-electron chi connectivity index (χ2n) is 12.5. The van der Waals surface area contributed by atoms with Crippen LogP contribution in [0, 0.1) is 5.92 Å². The van der Waals surface area contributed by atoms with Gasteiger partial charge >= 0.3 is 11.9 Å². The average molecular weight is 783 g/mol. The van der Waals surface area contributed by atoms with E-state index in [1.54, 1.807) is 67.7 Å². The van der Waals surface area contributed by atoms with Crippen molar-refractivity contribution in [2.45, 2.75) is 37.9 Å². The lowest BCUT2D eigenvalue weighted by molar-refractivity contribution is 0.0678. The third kappa shape index (κ3) is 7.09. The molecule has 15 nitrogen and oxygen atoms in total. The van der Waals surface area contributed by atoms with Crippen molar-refractivity contribution in [3.05, 3.63) is 103 Å². The van der Waals surface area contributed by atoms with E-state index in [1.807, 2.05) is 0 Å². The van der Waals surface area contributed by atoms with Gasteiger partial charge in [0.05, 0.1) is 22.1 Å². The van der Waals surface area contributed by atoms with E-state index >= 15 is 0 Å². The number of hydrogen-bond acceptors (Lipinski definition) is 11. The maximum Gasteiger partial charge on any atom is 0.355 e. The van der Waals surface area contributed by atoms with Crippen molar-refractivity contribution in [2.75, 3.05) is 13.1 Å². The number of thiazole rings is 2. The predicted octanol–water partition coefficient (Wildman–Crippen LogP) is 5.42. The minimum Gasteiger partial charge on any atom is -0.476 e. The van der Waals surface area contributed by atoms with Gasteiger partial charge < -0.3 is 34.5 Å². The number of likely N-dealkylation sites (tertiary alicyclic amines) is 2. The summed E-state index contributed by atoms with van der Waals surface area (Å²) in [7, 11) is 0. The molecule has 2 saturated heterocycles. The molecule has 0 aliphatic carbocycles. The first kappa shape index (κ1) is 35.5. The molecule has 0 bridgehead atoms. The number of nitrogens with two attached hydrogens (primary N) is 1. The summed E-state index contributed by atoms with van der Waals surface area (Å²) < 4.78 is 3.41. The molecule has 0 aromatic carbocycles. The summed E-state index contributed by atoms with van der Waals surface area (Å²) in [4.78, 5) is 68.6. The van der Waals surface area contributed by atoms with Crippen LogP contribution in [0.4, 0.5) is 0 Å². The molecule has 0 radical (unpaired) electrons. The van der Waals surface area contributed by atoms with E-state index < -0.39 is 11.9 Å². The van der Waals surface area contributed by atoms with Gasteiger partial charge in [-0.1, -0.05) is 30.1 Å². The van der Waals surface area contributed by atoms with Crippen LogP contribution in [0.3, 0.4) is 0 Å². The van der Waals surface area contributed by atoms with Crippen LogP contribution in [0.25, 0.3) is 11.3 Å². The summed E-state index contributed by atoms with van der Waals surface area (Å²) in [5.74, 6) is -2.31. The van der Waals surface area contributed by atoms with Gasteiger partial charge in [-0.2, -0.15) is 0 Å². The lowest BCUT2D eigenvalue weighted by Crippen LogP contribution is -2.33. The van der Waals surface area contributed by atoms with Crippen molar-refractivity contribution in [3.63, 3.8) is 0 Å². The van der Waals surface area contributed by atoms with E-state index in [9.17, 15) is 19.2 Å². The number of carbonyl (C=O) groups excluding carboxylic acids is 2. The Balaban J connectivity index is 0.000000162. The number of carboxylic acids is 2. The number of carboxylic acid groups (broad SMARTS) is 2. The zero-order valence-corrected chi connectivity index (χ0v) is 30.3. The van der Waals surface area contributed by atoms with Gasteiger partial charge in [0.15, 0.2) is 11.4 Å². The molecule has 2 fully saturated rings. The fraction of sp³-hybridized carbons (Fsp3) is 0.273. The summed E-state index contributed by atoms with van der Waals surface area (Å²) in [6.07, 6.45) is 7.93. The first-order chi connectivity index (χ1) is 24.8. The summed E-state index contributed by atoms with van der Waals surface area (Å²) >= 11 is 14.4. The van der Waals surface area contributed by atoms with Crippen LogP contribution in [-0.4, -0.2) is 91.6 Å². The highest BCUT2D eigenvalue weighted by atomic mass is 35.5. The third-order valence-corrected chi connectivity index (χ3v) is 11.0. The topological polar surface area (TPSA) is 202 Å². The van der Waals surface area contributed by atoms with Gasteiger partial charge in [-0.15, -0.1) is 22.7 Å². The van der Waals surface area contributed by atoms with Crippen molar-refractivity contribution in [3.8, 4) is 0 Å². The molecule has 0 saturated carbocycles. The Labute approximate surface area is 312 Å². The number of hydrogen-bond donors (Lipinski definition) is 3. The van der Waals surface area contributed by atoms with Gasteiger partial charge in [0.25, 0.3) is 11.8 Å². The van der Waals surface area contributed by atoms with E-state index in [4.69, 9.17) is 39.1 Å². The highest BCUT2D eigenvalue weighted by molar-refractivity contribution is 7.10. The largest absolute Gasteiger partial charge is 0.476 e. The van der Waals surface area contributed by atoms with Crippen LogP contribution < -0.4 is 5.73 Å². The number of halogens is 2. The Bertz CT molecular complexity index is 2190. The number of aromatic carboxylic acids is 2. The Morgan fingerprint density at radius 2 is 1.15 bits per heavy atom. The fourth-order valence-electron chi connectivity index (χ4n) is 6.34. The number of fused-ring (bicyclic) bond motifs is 2. The lowest BCUT2D eigenvalue weighted by atomic mass is 10.1. The highest BCUT2D eigenvalue weighted by Crippen LogP contribution is 2.38. The molecule has 2 amide bonds. The maximum absolute atomic E-state index is 13.0. The van der Waals surface area contributed by atoms with Crippen LogP contribution in [0.2, 0.25) is 10.0 Å². The monoisotopic (exact) mass is 781 g/mol. The lowest BCUT2D eigenvalue weighted by Gasteiger charge is -2.22. The van der Waals surface area contributed by atoms with Gasteiger partial charge in [0.1, 0.15) is 32.7 Å². The van der Waals surface area contributed by atoms with E-state index in [1.165, 1.54) is 33.4 Å². The van der Waals surface area contributed by atoms with Gasteiger partial charge in [-0.05, 0) is 43.0 Å². The van der Waals surface area contributed by atoms with E-state index in [-0.39, 0.29) is 47.0 Å². The van der Waals surface area contributed by atoms with Crippen LogP contribution in [0.1, 0.15) is 83.8 Å². The van der Waals surface area contributed by atoms with Crippen molar-refractivity contribution < 1.29 is 29.4 Å². The third-order valence-electron chi connectivity index (χ3n) is 8.69. The molecule has 4 N–H and O–H groups in total. The second kappa shape index (κ2) is 14.2. The average Bonchev–Trinajstić information content (AvgIpc) is 3.95. The minimum atomic E-state index is -1.09. The second-order valence-corrected chi connectivity index (χ2v) is 15.2. The standard InChI is InChI=1S/C17H15ClN4O3S.C16H14ClN5O3S/c1-9-4-13(15-20-12(8-26-15)17(24)25)22(5-9)16(23)11-7-21-6-10(18)2-3-14(21)19-11;17-8-1-2-13-19-10(6-21(13)4-8)15(23)22-5-9(18)3-12(22)14-20-11(7-26-14)16(24)25/h2-3,6-9,13H,4-5H2,1H3,(H,24,25);1-2,4,6-7,9,12H,3,5,18H2,(H,24,25)/t9-,13+;9-,12+/m11/s1. The first-order valence-corrected chi connectivity index (χ1v) is 18.4. The highest BCUT2D eigenvalue weighted by Gasteiger charge is 2.39. The van der Waals surface area contributed by atoms with Crippen molar-refractivity contribution >= 4 is 80.9 Å². The number of nitrogens with zero attached hydrogens (tertiary/aromatic N) is 8. The Hall–Kier alpha value is -4.94. The van der Waals surface area contributed by atoms with Crippen LogP contribution in [-0.2, 0) is 0 Å². The molecular formula is C33H29Cl2N9O6S2. The molecule has 4 atom stereocenters. The molecule has 8 heterocycles. The summed E-state index contributed by atoms with van der Waals surface area (Å²) in [6, 6.07) is 6.12. The number of pyridine rings is 2. The Morgan fingerprint density at radius 3 is 1.62 bits per heavy atom. The number of amides is 2. The number of carbonyl (C=O) groups is 4.